The number of para-hydroxylation sites is 1. The van der Waals surface area contributed by atoms with Crippen LogP contribution in [0.1, 0.15) is 23.0 Å². The summed E-state index contributed by atoms with van der Waals surface area (Å²) in [6.07, 6.45) is 1.41. The molecule has 1 amide bonds. The van der Waals surface area contributed by atoms with Gasteiger partial charge in [-0.2, -0.15) is 0 Å². The van der Waals surface area contributed by atoms with Gasteiger partial charge in [-0.3, -0.25) is 4.79 Å². The zero-order valence-corrected chi connectivity index (χ0v) is 15.1. The molecule has 1 heterocycles. The highest BCUT2D eigenvalue weighted by Gasteiger charge is 2.13. The van der Waals surface area contributed by atoms with Gasteiger partial charge in [0.1, 0.15) is 17.8 Å². The normalized spacial score (nSPS) is 10.4. The van der Waals surface area contributed by atoms with E-state index in [4.69, 9.17) is 11.6 Å². The van der Waals surface area contributed by atoms with E-state index in [0.29, 0.717) is 28.8 Å². The first-order valence-corrected chi connectivity index (χ1v) is 8.72. The van der Waals surface area contributed by atoms with Gasteiger partial charge in [0.05, 0.1) is 10.7 Å². The third-order valence-electron chi connectivity index (χ3n) is 3.93. The summed E-state index contributed by atoms with van der Waals surface area (Å²) < 4.78 is 0. The van der Waals surface area contributed by atoms with E-state index in [2.05, 4.69) is 39.2 Å². The summed E-state index contributed by atoms with van der Waals surface area (Å²) >= 11 is 6.09. The molecule has 0 atom stereocenters. The van der Waals surface area contributed by atoms with Crippen LogP contribution in [0.3, 0.4) is 0 Å². The molecule has 132 valence electrons. The first-order chi connectivity index (χ1) is 12.7. The van der Waals surface area contributed by atoms with Crippen LogP contribution in [0.2, 0.25) is 5.02 Å². The maximum atomic E-state index is 12.5. The van der Waals surface area contributed by atoms with Crippen molar-refractivity contribution in [2.45, 2.75) is 13.5 Å². The molecule has 5 nitrogen and oxygen atoms in total. The van der Waals surface area contributed by atoms with E-state index >= 15 is 0 Å². The van der Waals surface area contributed by atoms with Crippen LogP contribution in [-0.2, 0) is 6.54 Å². The minimum Gasteiger partial charge on any atom is -0.352 e. The highest BCUT2D eigenvalue weighted by atomic mass is 35.5. The minimum atomic E-state index is -0.322. The van der Waals surface area contributed by atoms with Crippen molar-refractivity contribution in [3.05, 3.63) is 83.3 Å². The summed E-state index contributed by atoms with van der Waals surface area (Å²) in [5.41, 5.74) is 2.02. The van der Waals surface area contributed by atoms with Crippen LogP contribution >= 0.6 is 11.6 Å². The molecule has 1 aromatic heterocycles. The number of anilines is 2. The minimum absolute atomic E-state index is 0.293. The summed E-state index contributed by atoms with van der Waals surface area (Å²) in [6, 6.07) is 18.9. The first kappa shape index (κ1) is 17.9. The van der Waals surface area contributed by atoms with Crippen molar-refractivity contribution in [1.29, 1.82) is 0 Å². The van der Waals surface area contributed by atoms with Gasteiger partial charge in [-0.05, 0) is 24.6 Å². The van der Waals surface area contributed by atoms with Gasteiger partial charge < -0.3 is 10.2 Å². The zero-order chi connectivity index (χ0) is 18.4. The Hall–Kier alpha value is -2.92. The standard InChI is InChI=1S/C20H19ClN4O/c1-2-25(13-15-8-4-3-5-9-15)19-12-18(22-14-23-19)20(26)24-17-11-7-6-10-16(17)21/h3-12,14H,2,13H2,1H3,(H,24,26). The van der Waals surface area contributed by atoms with E-state index in [0.717, 1.165) is 6.54 Å². The maximum absolute atomic E-state index is 12.5. The predicted molar refractivity (Wildman–Crippen MR) is 105 cm³/mol. The molecule has 3 aromatic rings. The molecule has 1 N–H and O–H groups in total. The number of carbonyl (C=O) groups excluding carboxylic acids is 1. The Morgan fingerprint density at radius 1 is 1.08 bits per heavy atom. The molecule has 0 aliphatic carbocycles. The molecule has 6 heteroatoms. The van der Waals surface area contributed by atoms with E-state index in [1.54, 1.807) is 18.2 Å². The Labute approximate surface area is 157 Å². The molecular weight excluding hydrogens is 348 g/mol. The largest absolute Gasteiger partial charge is 0.352 e. The molecule has 2 aromatic carbocycles. The van der Waals surface area contributed by atoms with E-state index in [1.807, 2.05) is 30.3 Å². The molecule has 3 rings (SSSR count). The van der Waals surface area contributed by atoms with E-state index < -0.39 is 0 Å². The van der Waals surface area contributed by atoms with Gasteiger partial charge in [0.25, 0.3) is 5.91 Å². The Morgan fingerprint density at radius 3 is 2.54 bits per heavy atom. The lowest BCUT2D eigenvalue weighted by Crippen LogP contribution is -2.24. The second-order valence-electron chi connectivity index (χ2n) is 5.70. The molecule has 0 fully saturated rings. The topological polar surface area (TPSA) is 58.1 Å². The first-order valence-electron chi connectivity index (χ1n) is 8.34. The van der Waals surface area contributed by atoms with Gasteiger partial charge in [0.2, 0.25) is 0 Å². The van der Waals surface area contributed by atoms with Crippen molar-refractivity contribution < 1.29 is 4.79 Å². The summed E-state index contributed by atoms with van der Waals surface area (Å²) in [6.45, 7) is 3.52. The number of hydrogen-bond acceptors (Lipinski definition) is 4. The molecule has 0 aliphatic rings. The average molecular weight is 367 g/mol. The second kappa shape index (κ2) is 8.45. The van der Waals surface area contributed by atoms with Crippen LogP contribution < -0.4 is 10.2 Å². The smallest absolute Gasteiger partial charge is 0.274 e. The Kier molecular flexibility index (Phi) is 5.81. The number of amides is 1. The van der Waals surface area contributed by atoms with Crippen LogP contribution in [0.15, 0.2) is 67.0 Å². The van der Waals surface area contributed by atoms with Gasteiger partial charge in [0.15, 0.2) is 0 Å². The van der Waals surface area contributed by atoms with Crippen LogP contribution in [0.5, 0.6) is 0 Å². The molecule has 26 heavy (non-hydrogen) atoms. The van der Waals surface area contributed by atoms with Crippen LogP contribution in [-0.4, -0.2) is 22.4 Å². The molecule has 0 unspecified atom stereocenters. The molecule has 0 saturated carbocycles. The monoisotopic (exact) mass is 366 g/mol. The second-order valence-corrected chi connectivity index (χ2v) is 6.10. The maximum Gasteiger partial charge on any atom is 0.274 e. The SMILES string of the molecule is CCN(Cc1ccccc1)c1cc(C(=O)Nc2ccccc2Cl)ncn1. The number of halogens is 1. The predicted octanol–water partition coefficient (Wildman–Crippen LogP) is 4.41. The number of nitrogens with one attached hydrogen (secondary N) is 1. The summed E-state index contributed by atoms with van der Waals surface area (Å²) in [7, 11) is 0. The summed E-state index contributed by atoms with van der Waals surface area (Å²) in [4.78, 5) is 23.0. The highest BCUT2D eigenvalue weighted by Crippen LogP contribution is 2.21. The molecule has 0 spiro atoms. The van der Waals surface area contributed by atoms with Crippen molar-refractivity contribution in [3.8, 4) is 0 Å². The van der Waals surface area contributed by atoms with Crippen LogP contribution in [0, 0.1) is 0 Å². The average Bonchev–Trinajstić information content (AvgIpc) is 2.69. The van der Waals surface area contributed by atoms with Crippen molar-refractivity contribution in [1.82, 2.24) is 9.97 Å². The fraction of sp³-hybridized carbons (Fsp3) is 0.150. The van der Waals surface area contributed by atoms with Crippen molar-refractivity contribution in [2.75, 3.05) is 16.8 Å². The van der Waals surface area contributed by atoms with Crippen molar-refractivity contribution >= 4 is 29.0 Å². The van der Waals surface area contributed by atoms with Crippen LogP contribution in [0.4, 0.5) is 11.5 Å². The number of nitrogens with zero attached hydrogens (tertiary/aromatic N) is 3. The van der Waals surface area contributed by atoms with Crippen LogP contribution in [0.25, 0.3) is 0 Å². The van der Waals surface area contributed by atoms with E-state index in [9.17, 15) is 4.79 Å². The fourth-order valence-electron chi connectivity index (χ4n) is 2.55. The van der Waals surface area contributed by atoms with Gasteiger partial charge in [-0.25, -0.2) is 9.97 Å². The Bertz CT molecular complexity index is 886. The number of rotatable bonds is 6. The van der Waals surface area contributed by atoms with E-state index in [-0.39, 0.29) is 5.91 Å². The number of carbonyl (C=O) groups is 1. The van der Waals surface area contributed by atoms with Crippen molar-refractivity contribution in [3.63, 3.8) is 0 Å². The molecule has 0 bridgehead atoms. The number of benzene rings is 2. The summed E-state index contributed by atoms with van der Waals surface area (Å²) in [5.74, 6) is 0.383. The lowest BCUT2D eigenvalue weighted by atomic mass is 10.2. The molecule has 0 aliphatic heterocycles. The van der Waals surface area contributed by atoms with Crippen molar-refractivity contribution in [2.24, 2.45) is 0 Å². The van der Waals surface area contributed by atoms with Gasteiger partial charge in [0, 0.05) is 19.2 Å². The fourth-order valence-corrected chi connectivity index (χ4v) is 2.73. The molecular formula is C20H19ClN4O. The van der Waals surface area contributed by atoms with Gasteiger partial charge in [-0.1, -0.05) is 54.1 Å². The molecule has 0 radical (unpaired) electrons. The summed E-state index contributed by atoms with van der Waals surface area (Å²) in [5, 5.41) is 3.26. The zero-order valence-electron chi connectivity index (χ0n) is 14.4. The third-order valence-corrected chi connectivity index (χ3v) is 4.26. The number of hydrogen-bond donors (Lipinski definition) is 1. The number of aromatic nitrogens is 2. The lowest BCUT2D eigenvalue weighted by molar-refractivity contribution is 0.102. The quantitative estimate of drug-likeness (QED) is 0.702. The third kappa shape index (κ3) is 4.37. The molecule has 0 saturated heterocycles. The Morgan fingerprint density at radius 2 is 1.81 bits per heavy atom. The van der Waals surface area contributed by atoms with Gasteiger partial charge >= 0.3 is 0 Å². The lowest BCUT2D eigenvalue weighted by Gasteiger charge is -2.22. The highest BCUT2D eigenvalue weighted by molar-refractivity contribution is 6.33. The van der Waals surface area contributed by atoms with E-state index in [1.165, 1.54) is 11.9 Å². The Balaban J connectivity index is 1.78. The van der Waals surface area contributed by atoms with Gasteiger partial charge in [-0.15, -0.1) is 0 Å².